The number of aromatic nitrogens is 5. The largest absolute Gasteiger partial charge is 0.302 e. The normalized spacial score (nSPS) is 18.4. The molecule has 0 saturated carbocycles. The van der Waals surface area contributed by atoms with Crippen LogP contribution in [-0.4, -0.2) is 49.5 Å². The van der Waals surface area contributed by atoms with Gasteiger partial charge in [-0.15, -0.1) is 0 Å². The van der Waals surface area contributed by atoms with Crippen LogP contribution in [0.2, 0.25) is 0 Å². The lowest BCUT2D eigenvalue weighted by Gasteiger charge is -2.40. The zero-order valence-electron chi connectivity index (χ0n) is 13.2. The standard InChI is InChI=1S/C16H19N7/c1-16(4-9-22(10-5-16)8-2-6-17)23-14-12-3-7-18-15(12)19-11-13(14)20-21-23/h3,7,11,21H,2,4-5,8-10H2,1H3. The lowest BCUT2D eigenvalue weighted by atomic mass is 9.89. The molecule has 1 fully saturated rings. The molecular formula is C16H19N7. The van der Waals surface area contributed by atoms with Gasteiger partial charge in [-0.3, -0.25) is 4.68 Å². The third-order valence-electron chi connectivity index (χ3n) is 4.99. The van der Waals surface area contributed by atoms with Crippen LogP contribution in [0.1, 0.15) is 26.2 Å². The van der Waals surface area contributed by atoms with Crippen molar-refractivity contribution in [2.45, 2.75) is 31.7 Å². The molecule has 0 bridgehead atoms. The molecule has 0 aromatic carbocycles. The van der Waals surface area contributed by atoms with Gasteiger partial charge in [-0.1, -0.05) is 0 Å². The Kier molecular flexibility index (Phi) is 3.27. The molecule has 4 heterocycles. The Labute approximate surface area is 133 Å². The number of H-pyrrole nitrogens is 1. The number of hydrogen-bond donors (Lipinski definition) is 1. The highest BCUT2D eigenvalue weighted by Gasteiger charge is 2.33. The molecule has 4 rings (SSSR count). The van der Waals surface area contributed by atoms with Gasteiger partial charge in [-0.25, -0.2) is 15.2 Å². The molecule has 23 heavy (non-hydrogen) atoms. The highest BCUT2D eigenvalue weighted by molar-refractivity contribution is 6.00. The highest BCUT2D eigenvalue weighted by atomic mass is 15.5. The summed E-state index contributed by atoms with van der Waals surface area (Å²) in [5, 5.41) is 17.4. The van der Waals surface area contributed by atoms with Crippen LogP contribution in [0.3, 0.4) is 0 Å². The quantitative estimate of drug-likeness (QED) is 0.800. The molecule has 7 nitrogen and oxygen atoms in total. The SMILES string of the molecule is CC1(n2[nH]nc3cnc4nccc4c32)CCN(CCC#N)CC1. The second-order valence-corrected chi connectivity index (χ2v) is 6.47. The van der Waals surface area contributed by atoms with Crippen LogP contribution in [0.25, 0.3) is 22.1 Å². The van der Waals surface area contributed by atoms with E-state index in [2.05, 4.69) is 42.9 Å². The smallest absolute Gasteiger partial charge is 0.161 e. The topological polar surface area (TPSA) is 86.4 Å². The van der Waals surface area contributed by atoms with E-state index >= 15 is 0 Å². The zero-order chi connectivity index (χ0) is 15.9. The number of nitrogens with zero attached hydrogens (tertiary/aromatic N) is 6. The summed E-state index contributed by atoms with van der Waals surface area (Å²) in [7, 11) is 0. The summed E-state index contributed by atoms with van der Waals surface area (Å²) in [5.74, 6) is 0. The molecule has 1 N–H and O–H groups in total. The van der Waals surface area contributed by atoms with Crippen molar-refractivity contribution in [3.63, 3.8) is 0 Å². The van der Waals surface area contributed by atoms with E-state index in [9.17, 15) is 0 Å². The van der Waals surface area contributed by atoms with Crippen LogP contribution >= 0.6 is 0 Å². The number of hydrogen-bond acceptors (Lipinski definition) is 5. The van der Waals surface area contributed by atoms with E-state index in [1.165, 1.54) is 0 Å². The van der Waals surface area contributed by atoms with Crippen LogP contribution in [0.5, 0.6) is 0 Å². The van der Waals surface area contributed by atoms with Gasteiger partial charge in [0.2, 0.25) is 0 Å². The molecule has 3 aromatic rings. The van der Waals surface area contributed by atoms with E-state index in [0.717, 1.165) is 54.5 Å². The van der Waals surface area contributed by atoms with Crippen molar-refractivity contribution in [3.8, 4) is 6.07 Å². The molecule has 118 valence electrons. The van der Waals surface area contributed by atoms with Gasteiger partial charge in [-0.05, 0) is 25.8 Å². The average molecular weight is 309 g/mol. The number of fused-ring (bicyclic) bond motifs is 3. The van der Waals surface area contributed by atoms with E-state index in [4.69, 9.17) is 5.26 Å². The Morgan fingerprint density at radius 1 is 1.35 bits per heavy atom. The maximum atomic E-state index is 8.74. The van der Waals surface area contributed by atoms with E-state index in [0.29, 0.717) is 6.42 Å². The molecular weight excluding hydrogens is 290 g/mol. The minimum absolute atomic E-state index is 0.0105. The minimum atomic E-state index is -0.0105. The van der Waals surface area contributed by atoms with Gasteiger partial charge in [0.05, 0.1) is 23.3 Å². The highest BCUT2D eigenvalue weighted by Crippen LogP contribution is 2.33. The van der Waals surface area contributed by atoms with E-state index in [1.54, 1.807) is 12.4 Å². The fourth-order valence-electron chi connectivity index (χ4n) is 3.49. The first-order valence-electron chi connectivity index (χ1n) is 7.98. The Bertz CT molecular complexity index is 877. The van der Waals surface area contributed by atoms with Crippen LogP contribution < -0.4 is 0 Å². The summed E-state index contributed by atoms with van der Waals surface area (Å²) in [5.41, 5.74) is 2.71. The van der Waals surface area contributed by atoms with Crippen molar-refractivity contribution in [1.82, 2.24) is 29.9 Å². The van der Waals surface area contributed by atoms with Gasteiger partial charge >= 0.3 is 0 Å². The van der Waals surface area contributed by atoms with Gasteiger partial charge in [0.25, 0.3) is 0 Å². The maximum Gasteiger partial charge on any atom is 0.161 e. The van der Waals surface area contributed by atoms with Crippen LogP contribution in [-0.2, 0) is 5.54 Å². The number of nitrogens with one attached hydrogen (secondary N) is 1. The second-order valence-electron chi connectivity index (χ2n) is 6.47. The van der Waals surface area contributed by atoms with Gasteiger partial charge in [0.15, 0.2) is 5.65 Å². The summed E-state index contributed by atoms with van der Waals surface area (Å²) in [4.78, 5) is 11.0. The lowest BCUT2D eigenvalue weighted by Crippen LogP contribution is -2.45. The Morgan fingerprint density at radius 2 is 2.17 bits per heavy atom. The van der Waals surface area contributed by atoms with Crippen LogP contribution in [0.15, 0.2) is 18.5 Å². The zero-order valence-corrected chi connectivity index (χ0v) is 13.2. The minimum Gasteiger partial charge on any atom is -0.302 e. The number of aromatic amines is 1. The molecule has 0 aliphatic carbocycles. The summed E-state index contributed by atoms with van der Waals surface area (Å²) in [6.45, 7) is 5.13. The van der Waals surface area contributed by atoms with Gasteiger partial charge in [-0.2, -0.15) is 10.4 Å². The predicted molar refractivity (Wildman–Crippen MR) is 86.7 cm³/mol. The van der Waals surface area contributed by atoms with Crippen LogP contribution in [0, 0.1) is 11.3 Å². The number of nitriles is 1. The Balaban J connectivity index is 1.69. The van der Waals surface area contributed by atoms with Crippen molar-refractivity contribution in [2.75, 3.05) is 19.6 Å². The monoisotopic (exact) mass is 309 g/mol. The number of rotatable bonds is 3. The number of likely N-dealkylation sites (tertiary alicyclic amines) is 1. The molecule has 1 aliphatic heterocycles. The summed E-state index contributed by atoms with van der Waals surface area (Å²) in [6.07, 6.45) is 6.23. The first-order chi connectivity index (χ1) is 11.2. The summed E-state index contributed by atoms with van der Waals surface area (Å²) >= 11 is 0. The molecule has 0 amide bonds. The van der Waals surface area contributed by atoms with E-state index < -0.39 is 0 Å². The van der Waals surface area contributed by atoms with Gasteiger partial charge < -0.3 is 4.90 Å². The molecule has 7 heteroatoms. The van der Waals surface area contributed by atoms with Crippen LogP contribution in [0.4, 0.5) is 0 Å². The summed E-state index contributed by atoms with van der Waals surface area (Å²) < 4.78 is 2.19. The fraction of sp³-hybridized carbons (Fsp3) is 0.500. The molecule has 0 radical (unpaired) electrons. The van der Waals surface area contributed by atoms with Crippen molar-refractivity contribution in [2.24, 2.45) is 0 Å². The first-order valence-corrected chi connectivity index (χ1v) is 7.98. The molecule has 0 unspecified atom stereocenters. The van der Waals surface area contributed by atoms with Gasteiger partial charge in [0.1, 0.15) is 5.52 Å². The second kappa shape index (κ2) is 5.32. The molecule has 0 spiro atoms. The van der Waals surface area contributed by atoms with Crippen molar-refractivity contribution in [3.05, 3.63) is 18.5 Å². The summed E-state index contributed by atoms with van der Waals surface area (Å²) in [6, 6.07) is 4.23. The fourth-order valence-corrected chi connectivity index (χ4v) is 3.49. The average Bonchev–Trinajstić information content (AvgIpc) is 3.20. The Hall–Kier alpha value is -2.46. The van der Waals surface area contributed by atoms with Crippen molar-refractivity contribution >= 4 is 22.1 Å². The van der Waals surface area contributed by atoms with Crippen molar-refractivity contribution < 1.29 is 0 Å². The predicted octanol–water partition coefficient (Wildman–Crippen LogP) is 2.03. The number of pyridine rings is 1. The third kappa shape index (κ3) is 2.26. The lowest BCUT2D eigenvalue weighted by molar-refractivity contribution is 0.117. The molecule has 0 atom stereocenters. The molecule has 3 aromatic heterocycles. The van der Waals surface area contributed by atoms with Crippen molar-refractivity contribution in [1.29, 1.82) is 5.26 Å². The molecule has 1 saturated heterocycles. The van der Waals surface area contributed by atoms with E-state index in [1.807, 2.05) is 6.07 Å². The Morgan fingerprint density at radius 3 is 2.96 bits per heavy atom. The maximum absolute atomic E-state index is 8.74. The third-order valence-corrected chi connectivity index (χ3v) is 4.99. The first kappa shape index (κ1) is 14.2. The number of piperidine rings is 1. The van der Waals surface area contributed by atoms with Gasteiger partial charge in [0, 0.05) is 37.6 Å². The van der Waals surface area contributed by atoms with E-state index in [-0.39, 0.29) is 5.54 Å². The molecule has 1 aliphatic rings.